The van der Waals surface area contributed by atoms with Crippen LogP contribution in [0, 0.1) is 11.8 Å². The molecule has 4 aliphatic heterocycles. The quantitative estimate of drug-likeness (QED) is 0.247. The van der Waals surface area contributed by atoms with Crippen LogP contribution in [0.4, 0.5) is 5.69 Å². The number of ether oxygens (including phenoxy) is 3. The van der Waals surface area contributed by atoms with E-state index in [1.165, 1.54) is 12.0 Å². The van der Waals surface area contributed by atoms with Crippen molar-refractivity contribution in [3.63, 3.8) is 0 Å². The summed E-state index contributed by atoms with van der Waals surface area (Å²) in [7, 11) is 1.50. The van der Waals surface area contributed by atoms with Crippen LogP contribution in [0.15, 0.2) is 78.9 Å². The summed E-state index contributed by atoms with van der Waals surface area (Å²) in [6.07, 6.45) is 6.63. The maximum Gasteiger partial charge on any atom is 0.313 e. The summed E-state index contributed by atoms with van der Waals surface area (Å²) in [5.41, 5.74) is -0.223. The van der Waals surface area contributed by atoms with Gasteiger partial charge in [0.1, 0.15) is 23.7 Å². The van der Waals surface area contributed by atoms with Crippen molar-refractivity contribution < 1.29 is 38.5 Å². The molecule has 2 aromatic carbocycles. The number of unbranched alkanes of at least 4 members (excludes halogenated alkanes) is 1. The molecule has 4 aliphatic rings. The molecule has 4 heterocycles. The van der Waals surface area contributed by atoms with Gasteiger partial charge < -0.3 is 34.4 Å². The Bertz CT molecular complexity index is 1570. The number of aliphatic hydroxyl groups excluding tert-OH is 1. The molecular weight excluding hydrogens is 638 g/mol. The maximum absolute atomic E-state index is 14.6. The van der Waals surface area contributed by atoms with Crippen LogP contribution in [0.2, 0.25) is 5.02 Å². The number of esters is 1. The highest BCUT2D eigenvalue weighted by atomic mass is 35.5. The van der Waals surface area contributed by atoms with Gasteiger partial charge in [0, 0.05) is 43.9 Å². The molecule has 0 bridgehead atoms. The highest BCUT2D eigenvalue weighted by molar-refractivity contribution is 6.30. The van der Waals surface area contributed by atoms with Crippen LogP contribution < -0.4 is 10.2 Å². The average molecular weight is 678 g/mol. The zero-order chi connectivity index (χ0) is 33.8. The minimum atomic E-state index is -1.48. The normalized spacial score (nSPS) is 31.1. The molecule has 254 valence electrons. The van der Waals surface area contributed by atoms with Gasteiger partial charge in [0.15, 0.2) is 0 Å². The van der Waals surface area contributed by atoms with Gasteiger partial charge in [-0.25, -0.2) is 0 Å². The molecule has 0 saturated carbocycles. The lowest BCUT2D eigenvalue weighted by Gasteiger charge is -2.35. The van der Waals surface area contributed by atoms with Crippen molar-refractivity contribution in [1.29, 1.82) is 0 Å². The Hall–Kier alpha value is -4.03. The third kappa shape index (κ3) is 6.39. The molecular formula is C36H40ClN3O8. The number of nitrogens with zero attached hydrogens (tertiary/aromatic N) is 2. The summed E-state index contributed by atoms with van der Waals surface area (Å²) in [6.45, 7) is 0.413. The van der Waals surface area contributed by atoms with E-state index in [1.807, 2.05) is 18.2 Å². The van der Waals surface area contributed by atoms with Gasteiger partial charge in [0.05, 0.1) is 24.7 Å². The van der Waals surface area contributed by atoms with Crippen LogP contribution in [-0.2, 0) is 33.4 Å². The SMILES string of the molecule is COC[C@H]1NC(=O)CC/C=C\[C@H]2O[C@]34C=CCN(c5ccc(Cl)cc5)C(=O)[C@H]3N(CCCCO)C(=O)[C@@H]4[C@H]2C(=O)O[C@@H]1c1ccccc1. The van der Waals surface area contributed by atoms with E-state index in [2.05, 4.69) is 5.32 Å². The van der Waals surface area contributed by atoms with Gasteiger partial charge >= 0.3 is 5.97 Å². The third-order valence-corrected chi connectivity index (χ3v) is 9.76. The zero-order valence-electron chi connectivity index (χ0n) is 26.7. The fourth-order valence-corrected chi connectivity index (χ4v) is 7.50. The Morgan fingerprint density at radius 3 is 2.52 bits per heavy atom. The molecule has 0 aliphatic carbocycles. The molecule has 2 aromatic rings. The van der Waals surface area contributed by atoms with Crippen molar-refractivity contribution in [1.82, 2.24) is 10.2 Å². The van der Waals surface area contributed by atoms with Gasteiger partial charge in [-0.1, -0.05) is 66.2 Å². The molecule has 11 nitrogen and oxygen atoms in total. The number of rotatable bonds is 8. The Labute approximate surface area is 284 Å². The van der Waals surface area contributed by atoms with Crippen molar-refractivity contribution in [3.05, 3.63) is 89.5 Å². The second-order valence-corrected chi connectivity index (χ2v) is 12.9. The number of fused-ring (bicyclic) bond motifs is 2. The predicted molar refractivity (Wildman–Crippen MR) is 177 cm³/mol. The minimum Gasteiger partial charge on any atom is -0.455 e. The molecule has 2 N–H and O–H groups in total. The number of hydrogen-bond donors (Lipinski definition) is 2. The summed E-state index contributed by atoms with van der Waals surface area (Å²) in [6, 6.07) is 14.2. The minimum absolute atomic E-state index is 0.0651. The molecule has 0 radical (unpaired) electrons. The number of carbonyl (C=O) groups excluding carboxylic acids is 4. The maximum atomic E-state index is 14.6. The number of aliphatic hydroxyl groups is 1. The summed E-state index contributed by atoms with van der Waals surface area (Å²) in [5.74, 6) is -3.82. The molecule has 6 rings (SSSR count). The first-order valence-corrected chi connectivity index (χ1v) is 16.7. The van der Waals surface area contributed by atoms with Crippen LogP contribution in [0.25, 0.3) is 0 Å². The fourth-order valence-electron chi connectivity index (χ4n) is 7.38. The number of allylic oxidation sites excluding steroid dienone is 1. The molecule has 7 atom stereocenters. The van der Waals surface area contributed by atoms with E-state index >= 15 is 0 Å². The van der Waals surface area contributed by atoms with E-state index < -0.39 is 53.6 Å². The summed E-state index contributed by atoms with van der Waals surface area (Å²) in [4.78, 5) is 59.7. The number of benzene rings is 2. The monoisotopic (exact) mass is 677 g/mol. The second-order valence-electron chi connectivity index (χ2n) is 12.5. The van der Waals surface area contributed by atoms with Gasteiger partial charge in [0.25, 0.3) is 5.91 Å². The topological polar surface area (TPSA) is 135 Å². The van der Waals surface area contributed by atoms with Gasteiger partial charge in [-0.15, -0.1) is 0 Å². The van der Waals surface area contributed by atoms with Crippen LogP contribution in [0.3, 0.4) is 0 Å². The number of amides is 3. The van der Waals surface area contributed by atoms with Gasteiger partial charge in [-0.05, 0) is 49.1 Å². The largest absolute Gasteiger partial charge is 0.455 e. The molecule has 1 spiro atoms. The zero-order valence-corrected chi connectivity index (χ0v) is 27.5. The van der Waals surface area contributed by atoms with Crippen LogP contribution in [0.5, 0.6) is 0 Å². The molecule has 2 saturated heterocycles. The van der Waals surface area contributed by atoms with Gasteiger partial charge in [0.2, 0.25) is 11.8 Å². The van der Waals surface area contributed by atoms with E-state index in [0.29, 0.717) is 35.5 Å². The van der Waals surface area contributed by atoms with Crippen molar-refractivity contribution in [3.8, 4) is 0 Å². The third-order valence-electron chi connectivity index (χ3n) is 9.50. The molecule has 48 heavy (non-hydrogen) atoms. The highest BCUT2D eigenvalue weighted by Gasteiger charge is 2.71. The van der Waals surface area contributed by atoms with E-state index in [4.69, 9.17) is 25.8 Å². The summed E-state index contributed by atoms with van der Waals surface area (Å²) >= 11 is 6.14. The summed E-state index contributed by atoms with van der Waals surface area (Å²) in [5, 5.41) is 13.0. The fraction of sp³-hybridized carbons (Fsp3) is 0.444. The molecule has 0 unspecified atom stereocenters. The number of carbonyl (C=O) groups is 4. The lowest BCUT2D eigenvalue weighted by Crippen LogP contribution is -2.55. The number of likely N-dealkylation sites (tertiary alicyclic amines) is 1. The molecule has 3 amide bonds. The van der Waals surface area contributed by atoms with Crippen molar-refractivity contribution in [2.24, 2.45) is 11.8 Å². The Balaban J connectivity index is 1.43. The molecule has 0 aromatic heterocycles. The number of nitrogens with one attached hydrogen (secondary N) is 1. The van der Waals surface area contributed by atoms with Crippen molar-refractivity contribution >= 4 is 41.0 Å². The smallest absolute Gasteiger partial charge is 0.313 e. The van der Waals surface area contributed by atoms with Crippen LogP contribution in [0.1, 0.15) is 37.4 Å². The number of halogens is 1. The number of methoxy groups -OCH3 is 1. The number of anilines is 1. The lowest BCUT2D eigenvalue weighted by molar-refractivity contribution is -0.162. The van der Waals surface area contributed by atoms with E-state index in [1.54, 1.807) is 65.6 Å². The van der Waals surface area contributed by atoms with Crippen molar-refractivity contribution in [2.45, 2.75) is 55.6 Å². The summed E-state index contributed by atoms with van der Waals surface area (Å²) < 4.78 is 18.5. The van der Waals surface area contributed by atoms with Crippen LogP contribution in [-0.4, -0.2) is 90.9 Å². The lowest BCUT2D eigenvalue weighted by atomic mass is 9.77. The Morgan fingerprint density at radius 1 is 1.02 bits per heavy atom. The number of cyclic esters (lactones) is 1. The van der Waals surface area contributed by atoms with E-state index in [9.17, 15) is 24.3 Å². The first-order chi connectivity index (χ1) is 23.3. The van der Waals surface area contributed by atoms with E-state index in [-0.39, 0.29) is 44.5 Å². The Kier molecular flexibility index (Phi) is 10.3. The average Bonchev–Trinajstić information content (AvgIpc) is 3.46. The number of hydrogen-bond acceptors (Lipinski definition) is 8. The van der Waals surface area contributed by atoms with Gasteiger partial charge in [-0.2, -0.15) is 0 Å². The second kappa shape index (κ2) is 14.6. The standard InChI is InChI=1S/C36H40ClN3O8/c1-46-22-26-31(23-10-3-2-4-11-23)47-35(45)29-27(12-5-6-13-28(42)38-26)48-36-18-9-20-39(25-16-14-24(37)15-17-25)34(44)32(36)40(19-7-8-21-41)33(43)30(29)36/h2-5,9-12,14-18,26-27,29-32,41H,6-8,13,19-22H2,1H3,(H,38,42)/b12-5-/t26-,27-,29+,30+,31-,32-,36+/m1/s1. The first kappa shape index (κ1) is 33.9. The Morgan fingerprint density at radius 2 is 1.79 bits per heavy atom. The van der Waals surface area contributed by atoms with Crippen LogP contribution >= 0.6 is 11.6 Å². The highest BCUT2D eigenvalue weighted by Crippen LogP contribution is 2.53. The van der Waals surface area contributed by atoms with Gasteiger partial charge in [-0.3, -0.25) is 19.2 Å². The molecule has 2 fully saturated rings. The van der Waals surface area contributed by atoms with E-state index in [0.717, 1.165) is 0 Å². The molecule has 12 heteroatoms. The predicted octanol–water partition coefficient (Wildman–Crippen LogP) is 3.36. The first-order valence-electron chi connectivity index (χ1n) is 16.3. The van der Waals surface area contributed by atoms with Crippen molar-refractivity contribution in [2.75, 3.05) is 38.3 Å².